The summed E-state index contributed by atoms with van der Waals surface area (Å²) in [6, 6.07) is 18.8. The van der Waals surface area contributed by atoms with Crippen LogP contribution < -0.4 is 10.6 Å². The molecule has 0 aliphatic carbocycles. The summed E-state index contributed by atoms with van der Waals surface area (Å²) in [5, 5.41) is 23.2. The van der Waals surface area contributed by atoms with Gasteiger partial charge in [-0.3, -0.25) is 19.0 Å². The van der Waals surface area contributed by atoms with Gasteiger partial charge in [0, 0.05) is 25.9 Å². The molecule has 10 heteroatoms. The van der Waals surface area contributed by atoms with E-state index >= 15 is 0 Å². The first kappa shape index (κ1) is 26.7. The second kappa shape index (κ2) is 12.8. The van der Waals surface area contributed by atoms with Crippen LogP contribution in [0, 0.1) is 5.92 Å². The third-order valence-corrected chi connectivity index (χ3v) is 6.15. The fraction of sp³-hybridized carbons (Fsp3) is 0.357. The number of amides is 2. The maximum atomic E-state index is 12.4. The maximum Gasteiger partial charge on any atom is 0.223 e. The summed E-state index contributed by atoms with van der Waals surface area (Å²) in [7, 11) is 0. The van der Waals surface area contributed by atoms with Gasteiger partial charge in [0.2, 0.25) is 11.8 Å². The zero-order valence-corrected chi connectivity index (χ0v) is 22.0. The number of nitrogens with zero attached hydrogens (tertiary/aromatic N) is 6. The number of carbonyl (C=O) groups is 2. The van der Waals surface area contributed by atoms with E-state index in [-0.39, 0.29) is 29.8 Å². The third-order valence-electron chi connectivity index (χ3n) is 6.15. The van der Waals surface area contributed by atoms with E-state index in [1.165, 1.54) is 6.92 Å². The van der Waals surface area contributed by atoms with E-state index in [1.807, 2.05) is 91.6 Å². The van der Waals surface area contributed by atoms with E-state index in [4.69, 9.17) is 0 Å². The molecule has 0 bridgehead atoms. The zero-order valence-electron chi connectivity index (χ0n) is 22.0. The number of carbonyl (C=O) groups excluding carboxylic acids is 2. The van der Waals surface area contributed by atoms with Crippen molar-refractivity contribution in [2.45, 2.75) is 58.8 Å². The summed E-state index contributed by atoms with van der Waals surface area (Å²) in [6.45, 7) is 6.61. The van der Waals surface area contributed by atoms with Gasteiger partial charge in [0.05, 0.1) is 24.5 Å². The molecule has 0 radical (unpaired) electrons. The lowest BCUT2D eigenvalue weighted by Crippen LogP contribution is -2.32. The van der Waals surface area contributed by atoms with Gasteiger partial charge in [0.15, 0.2) is 0 Å². The number of aryl methyl sites for hydroxylation is 2. The number of hydrogen-bond acceptors (Lipinski definition) is 6. The predicted octanol–water partition coefficient (Wildman–Crippen LogP) is 3.44. The molecule has 2 aromatic heterocycles. The van der Waals surface area contributed by atoms with Crippen molar-refractivity contribution in [3.63, 3.8) is 0 Å². The molecule has 0 saturated heterocycles. The summed E-state index contributed by atoms with van der Waals surface area (Å²) in [5.74, 6) is -0.290. The van der Waals surface area contributed by atoms with Crippen LogP contribution in [-0.4, -0.2) is 41.8 Å². The summed E-state index contributed by atoms with van der Waals surface area (Å²) < 4.78 is 3.61. The maximum absolute atomic E-state index is 12.4. The van der Waals surface area contributed by atoms with Crippen LogP contribution >= 0.6 is 0 Å². The standard InChI is InChI=1S/C28H34N8O2/c1-20(2)28(38)30-27(23-14-8-5-9-15-23)25-19-36(34-32-25)17-11-10-16-35-18-24(31-33-35)26(29-21(3)37)22-12-6-4-7-13-22/h4-9,12-15,18-20,26-27H,10-11,16-17H2,1-3H3,(H,29,37)(H,30,38). The molecule has 2 aromatic carbocycles. The molecule has 0 aliphatic rings. The first-order chi connectivity index (χ1) is 18.4. The van der Waals surface area contributed by atoms with Crippen LogP contribution in [0.15, 0.2) is 73.1 Å². The molecule has 0 fully saturated rings. The summed E-state index contributed by atoms with van der Waals surface area (Å²) >= 11 is 0. The number of nitrogens with one attached hydrogen (secondary N) is 2. The van der Waals surface area contributed by atoms with Crippen LogP contribution in [-0.2, 0) is 22.7 Å². The van der Waals surface area contributed by atoms with Gasteiger partial charge in [-0.05, 0) is 24.0 Å². The summed E-state index contributed by atoms with van der Waals surface area (Å²) in [6.07, 6.45) is 5.49. The Kier molecular flexibility index (Phi) is 8.97. The minimum Gasteiger partial charge on any atom is -0.344 e. The molecule has 2 unspecified atom stereocenters. The molecule has 198 valence electrons. The Morgan fingerprint density at radius 3 is 1.61 bits per heavy atom. The van der Waals surface area contributed by atoms with Crippen molar-refractivity contribution < 1.29 is 9.59 Å². The summed E-state index contributed by atoms with van der Waals surface area (Å²) in [5.41, 5.74) is 3.32. The molecular formula is C28H34N8O2. The van der Waals surface area contributed by atoms with Gasteiger partial charge in [0.25, 0.3) is 0 Å². The SMILES string of the molecule is CC(=O)NC(c1ccccc1)c1cn(CCCCn2cc(C(NC(=O)C(C)C)c3ccccc3)nn2)nn1. The first-order valence-corrected chi connectivity index (χ1v) is 12.9. The Balaban J connectivity index is 1.34. The van der Waals surface area contributed by atoms with Crippen molar-refractivity contribution >= 4 is 11.8 Å². The van der Waals surface area contributed by atoms with Crippen LogP contribution in [0.2, 0.25) is 0 Å². The van der Waals surface area contributed by atoms with Crippen molar-refractivity contribution in [1.29, 1.82) is 0 Å². The van der Waals surface area contributed by atoms with Crippen LogP contribution in [0.1, 0.15) is 68.2 Å². The van der Waals surface area contributed by atoms with Gasteiger partial charge in [0.1, 0.15) is 11.4 Å². The van der Waals surface area contributed by atoms with E-state index in [1.54, 1.807) is 4.68 Å². The lowest BCUT2D eigenvalue weighted by molar-refractivity contribution is -0.124. The van der Waals surface area contributed by atoms with Crippen molar-refractivity contribution in [2.24, 2.45) is 5.92 Å². The smallest absolute Gasteiger partial charge is 0.223 e. The fourth-order valence-corrected chi connectivity index (χ4v) is 4.12. The minimum absolute atomic E-state index is 0.0337. The molecule has 2 N–H and O–H groups in total. The number of rotatable bonds is 12. The normalized spacial score (nSPS) is 12.7. The molecule has 2 heterocycles. The van der Waals surface area contributed by atoms with Gasteiger partial charge in [-0.15, -0.1) is 10.2 Å². The Hall–Kier alpha value is -4.34. The molecule has 4 aromatic rings. The molecule has 10 nitrogen and oxygen atoms in total. The van der Waals surface area contributed by atoms with Gasteiger partial charge in [-0.2, -0.15) is 0 Å². The third kappa shape index (κ3) is 7.12. The molecule has 2 atom stereocenters. The monoisotopic (exact) mass is 514 g/mol. The van der Waals surface area contributed by atoms with Gasteiger partial charge >= 0.3 is 0 Å². The summed E-state index contributed by atoms with van der Waals surface area (Å²) in [4.78, 5) is 24.2. The number of unbranched alkanes of at least 4 members (excludes halogenated alkanes) is 1. The molecule has 0 spiro atoms. The highest BCUT2D eigenvalue weighted by Gasteiger charge is 2.22. The zero-order chi connectivity index (χ0) is 26.9. The van der Waals surface area contributed by atoms with Crippen LogP contribution in [0.5, 0.6) is 0 Å². The topological polar surface area (TPSA) is 120 Å². The molecule has 38 heavy (non-hydrogen) atoms. The highest BCUT2D eigenvalue weighted by atomic mass is 16.2. The van der Waals surface area contributed by atoms with Crippen molar-refractivity contribution in [3.8, 4) is 0 Å². The van der Waals surface area contributed by atoms with E-state index < -0.39 is 0 Å². The van der Waals surface area contributed by atoms with Crippen molar-refractivity contribution in [2.75, 3.05) is 0 Å². The Labute approximate surface area is 222 Å². The van der Waals surface area contributed by atoms with Gasteiger partial charge < -0.3 is 10.6 Å². The van der Waals surface area contributed by atoms with Crippen molar-refractivity contribution in [3.05, 3.63) is 95.6 Å². The predicted molar refractivity (Wildman–Crippen MR) is 143 cm³/mol. The van der Waals surface area contributed by atoms with Crippen LogP contribution in [0.4, 0.5) is 0 Å². The fourth-order valence-electron chi connectivity index (χ4n) is 4.12. The lowest BCUT2D eigenvalue weighted by atomic mass is 10.0. The van der Waals surface area contributed by atoms with E-state index in [0.29, 0.717) is 24.5 Å². The largest absolute Gasteiger partial charge is 0.344 e. The molecule has 2 amide bonds. The second-order valence-electron chi connectivity index (χ2n) is 9.57. The average Bonchev–Trinajstić information content (AvgIpc) is 3.59. The second-order valence-corrected chi connectivity index (χ2v) is 9.57. The molecule has 0 saturated carbocycles. The lowest BCUT2D eigenvalue weighted by Gasteiger charge is -2.18. The van der Waals surface area contributed by atoms with Crippen molar-refractivity contribution in [1.82, 2.24) is 40.6 Å². The first-order valence-electron chi connectivity index (χ1n) is 12.9. The Morgan fingerprint density at radius 2 is 1.18 bits per heavy atom. The quantitative estimate of drug-likeness (QED) is 0.280. The molecule has 0 aliphatic heterocycles. The molecular weight excluding hydrogens is 480 g/mol. The number of benzene rings is 2. The van der Waals surface area contributed by atoms with Gasteiger partial charge in [-0.1, -0.05) is 84.9 Å². The Bertz CT molecular complexity index is 1320. The van der Waals surface area contributed by atoms with E-state index in [2.05, 4.69) is 31.3 Å². The van der Waals surface area contributed by atoms with E-state index in [0.717, 1.165) is 24.0 Å². The number of aromatic nitrogens is 6. The van der Waals surface area contributed by atoms with Crippen LogP contribution in [0.3, 0.4) is 0 Å². The van der Waals surface area contributed by atoms with E-state index in [9.17, 15) is 9.59 Å². The minimum atomic E-state index is -0.352. The average molecular weight is 515 g/mol. The number of hydrogen-bond donors (Lipinski definition) is 2. The molecule has 4 rings (SSSR count). The highest BCUT2D eigenvalue weighted by Crippen LogP contribution is 2.21. The van der Waals surface area contributed by atoms with Gasteiger partial charge in [-0.25, -0.2) is 0 Å². The Morgan fingerprint density at radius 1 is 0.737 bits per heavy atom. The highest BCUT2D eigenvalue weighted by molar-refractivity contribution is 5.78. The van der Waals surface area contributed by atoms with Crippen LogP contribution in [0.25, 0.3) is 0 Å².